The second kappa shape index (κ2) is 10.4. The van der Waals surface area contributed by atoms with Crippen LogP contribution in [0.15, 0.2) is 65.7 Å². The molecule has 0 saturated heterocycles. The van der Waals surface area contributed by atoms with Gasteiger partial charge in [-0.1, -0.05) is 30.3 Å². The molecule has 2 amide bonds. The number of benzene rings is 2. The molecule has 31 heavy (non-hydrogen) atoms. The van der Waals surface area contributed by atoms with Gasteiger partial charge in [-0.25, -0.2) is 0 Å². The predicted octanol–water partition coefficient (Wildman–Crippen LogP) is 4.16. The first-order valence-electron chi connectivity index (χ1n) is 9.63. The van der Waals surface area contributed by atoms with E-state index in [4.69, 9.17) is 9.47 Å². The summed E-state index contributed by atoms with van der Waals surface area (Å²) in [6.45, 7) is 2.35. The molecular formula is C24H24N2O4S. The van der Waals surface area contributed by atoms with Crippen LogP contribution in [0.5, 0.6) is 11.5 Å². The quantitative estimate of drug-likeness (QED) is 0.520. The average Bonchev–Trinajstić information content (AvgIpc) is 3.30. The first kappa shape index (κ1) is 22.1. The Morgan fingerprint density at radius 2 is 1.77 bits per heavy atom. The van der Waals surface area contributed by atoms with E-state index >= 15 is 0 Å². The van der Waals surface area contributed by atoms with E-state index in [1.54, 1.807) is 24.3 Å². The molecule has 1 heterocycles. The molecule has 3 rings (SSSR count). The van der Waals surface area contributed by atoms with E-state index in [0.29, 0.717) is 23.6 Å². The molecule has 160 valence electrons. The van der Waals surface area contributed by atoms with E-state index < -0.39 is 5.91 Å². The molecule has 0 spiro atoms. The van der Waals surface area contributed by atoms with Crippen LogP contribution in [-0.4, -0.2) is 26.0 Å². The summed E-state index contributed by atoms with van der Waals surface area (Å²) in [6, 6.07) is 16.4. The third-order valence-corrected chi connectivity index (χ3v) is 5.49. The molecule has 2 aromatic carbocycles. The summed E-state index contributed by atoms with van der Waals surface area (Å²) in [5.41, 5.74) is 2.61. The van der Waals surface area contributed by atoms with Crippen molar-refractivity contribution in [3.8, 4) is 11.5 Å². The van der Waals surface area contributed by atoms with Crippen LogP contribution in [0, 0.1) is 6.92 Å². The lowest BCUT2D eigenvalue weighted by molar-refractivity contribution is -0.117. The fraction of sp³-hybridized carbons (Fsp3) is 0.167. The van der Waals surface area contributed by atoms with Gasteiger partial charge in [0.2, 0.25) is 0 Å². The molecule has 7 heteroatoms. The Morgan fingerprint density at radius 1 is 1.00 bits per heavy atom. The van der Waals surface area contributed by atoms with Gasteiger partial charge < -0.3 is 20.1 Å². The van der Waals surface area contributed by atoms with Crippen LogP contribution in [0.3, 0.4) is 0 Å². The Morgan fingerprint density at radius 3 is 2.45 bits per heavy atom. The highest BCUT2D eigenvalue weighted by molar-refractivity contribution is 7.10. The van der Waals surface area contributed by atoms with Crippen LogP contribution in [0.2, 0.25) is 0 Å². The Balaban J connectivity index is 1.80. The van der Waals surface area contributed by atoms with Crippen molar-refractivity contribution in [2.45, 2.75) is 13.5 Å². The van der Waals surface area contributed by atoms with Gasteiger partial charge in [0, 0.05) is 17.0 Å². The summed E-state index contributed by atoms with van der Waals surface area (Å²) >= 11 is 1.48. The summed E-state index contributed by atoms with van der Waals surface area (Å²) in [6.07, 6.45) is 1.66. The highest BCUT2D eigenvalue weighted by Gasteiger charge is 2.17. The van der Waals surface area contributed by atoms with Crippen molar-refractivity contribution in [2.24, 2.45) is 0 Å². The molecule has 0 aliphatic heterocycles. The van der Waals surface area contributed by atoms with E-state index in [1.165, 1.54) is 25.6 Å². The number of carbonyl (C=O) groups excluding carboxylic acids is 2. The number of hydrogen-bond acceptors (Lipinski definition) is 5. The molecule has 0 atom stereocenters. The van der Waals surface area contributed by atoms with E-state index in [-0.39, 0.29) is 11.6 Å². The molecule has 3 aromatic rings. The summed E-state index contributed by atoms with van der Waals surface area (Å²) < 4.78 is 10.5. The van der Waals surface area contributed by atoms with Gasteiger partial charge in [0.25, 0.3) is 11.8 Å². The third kappa shape index (κ3) is 5.73. The molecule has 0 fully saturated rings. The molecule has 0 bridgehead atoms. The lowest BCUT2D eigenvalue weighted by Crippen LogP contribution is -2.34. The normalized spacial score (nSPS) is 11.0. The molecule has 1 aromatic heterocycles. The zero-order valence-corrected chi connectivity index (χ0v) is 18.4. The lowest BCUT2D eigenvalue weighted by atomic mass is 10.1. The van der Waals surface area contributed by atoms with Gasteiger partial charge in [-0.15, -0.1) is 11.3 Å². The van der Waals surface area contributed by atoms with Gasteiger partial charge in [0.15, 0.2) is 11.5 Å². The SMILES string of the molecule is COc1ccc(C(=O)N/C(=C\c2cccs2)C(=O)NCc2ccccc2C)cc1OC. The van der Waals surface area contributed by atoms with E-state index in [2.05, 4.69) is 10.6 Å². The molecule has 0 aliphatic carbocycles. The topological polar surface area (TPSA) is 76.7 Å². The zero-order valence-electron chi connectivity index (χ0n) is 17.6. The second-order valence-electron chi connectivity index (χ2n) is 6.71. The minimum Gasteiger partial charge on any atom is -0.493 e. The Labute approximate surface area is 185 Å². The fourth-order valence-corrected chi connectivity index (χ4v) is 3.58. The maximum absolute atomic E-state index is 12.9. The first-order chi connectivity index (χ1) is 15.0. The number of carbonyl (C=O) groups is 2. The van der Waals surface area contributed by atoms with Gasteiger partial charge in [-0.2, -0.15) is 0 Å². The minimum absolute atomic E-state index is 0.163. The summed E-state index contributed by atoms with van der Waals surface area (Å²) in [7, 11) is 3.03. The van der Waals surface area contributed by atoms with Crippen LogP contribution in [0.25, 0.3) is 6.08 Å². The zero-order chi connectivity index (χ0) is 22.2. The number of hydrogen-bond donors (Lipinski definition) is 2. The summed E-state index contributed by atoms with van der Waals surface area (Å²) in [5.74, 6) is 0.160. The van der Waals surface area contributed by atoms with Crippen LogP contribution in [-0.2, 0) is 11.3 Å². The highest BCUT2D eigenvalue weighted by Crippen LogP contribution is 2.27. The largest absolute Gasteiger partial charge is 0.493 e. The van der Waals surface area contributed by atoms with E-state index in [1.807, 2.05) is 48.7 Å². The number of ether oxygens (including phenoxy) is 2. The number of amides is 2. The molecule has 0 aliphatic rings. The van der Waals surface area contributed by atoms with E-state index in [9.17, 15) is 9.59 Å². The van der Waals surface area contributed by atoms with Gasteiger partial charge >= 0.3 is 0 Å². The number of rotatable bonds is 8. The Hall–Kier alpha value is -3.58. The smallest absolute Gasteiger partial charge is 0.268 e. The van der Waals surface area contributed by atoms with Gasteiger partial charge in [-0.3, -0.25) is 9.59 Å². The predicted molar refractivity (Wildman–Crippen MR) is 122 cm³/mol. The molecule has 0 unspecified atom stereocenters. The Bertz CT molecular complexity index is 1090. The van der Waals surface area contributed by atoms with Crippen molar-refractivity contribution in [3.05, 3.63) is 87.2 Å². The highest BCUT2D eigenvalue weighted by atomic mass is 32.1. The summed E-state index contributed by atoms with van der Waals surface area (Å²) in [5, 5.41) is 7.53. The molecule has 6 nitrogen and oxygen atoms in total. The second-order valence-corrected chi connectivity index (χ2v) is 7.69. The van der Waals surface area contributed by atoms with Crippen LogP contribution in [0.1, 0.15) is 26.4 Å². The number of nitrogens with one attached hydrogen (secondary N) is 2. The van der Waals surface area contributed by atoms with E-state index in [0.717, 1.165) is 16.0 Å². The van der Waals surface area contributed by atoms with Crippen LogP contribution >= 0.6 is 11.3 Å². The van der Waals surface area contributed by atoms with Gasteiger partial charge in [0.05, 0.1) is 14.2 Å². The van der Waals surface area contributed by atoms with Crippen LogP contribution in [0.4, 0.5) is 0 Å². The minimum atomic E-state index is -0.421. The van der Waals surface area contributed by atoms with Crippen molar-refractivity contribution >= 4 is 29.2 Å². The molecular weight excluding hydrogens is 412 g/mol. The molecule has 2 N–H and O–H groups in total. The van der Waals surface area contributed by atoms with Crippen molar-refractivity contribution < 1.29 is 19.1 Å². The average molecular weight is 437 g/mol. The van der Waals surface area contributed by atoms with Crippen molar-refractivity contribution in [1.82, 2.24) is 10.6 Å². The van der Waals surface area contributed by atoms with Gasteiger partial charge in [0.1, 0.15) is 5.70 Å². The Kier molecular flexibility index (Phi) is 7.45. The lowest BCUT2D eigenvalue weighted by Gasteiger charge is -2.13. The first-order valence-corrected chi connectivity index (χ1v) is 10.5. The maximum Gasteiger partial charge on any atom is 0.268 e. The molecule has 0 radical (unpaired) electrons. The number of methoxy groups -OCH3 is 2. The monoisotopic (exact) mass is 436 g/mol. The fourth-order valence-electron chi connectivity index (χ4n) is 2.93. The van der Waals surface area contributed by atoms with Crippen LogP contribution < -0.4 is 20.1 Å². The molecule has 0 saturated carbocycles. The third-order valence-electron chi connectivity index (χ3n) is 4.67. The standard InChI is InChI=1S/C24H24N2O4S/c1-16-7-4-5-8-18(16)15-25-24(28)20(14-19-9-6-12-31-19)26-23(27)17-10-11-21(29-2)22(13-17)30-3/h4-14H,15H2,1-3H3,(H,25,28)(H,26,27)/b20-14-. The van der Waals surface area contributed by atoms with Gasteiger partial charge in [-0.05, 0) is 53.8 Å². The van der Waals surface area contributed by atoms with Crippen molar-refractivity contribution in [3.63, 3.8) is 0 Å². The van der Waals surface area contributed by atoms with Crippen molar-refractivity contribution in [2.75, 3.05) is 14.2 Å². The number of aryl methyl sites for hydroxylation is 1. The maximum atomic E-state index is 12.9. The number of thiophene rings is 1. The van der Waals surface area contributed by atoms with Crippen molar-refractivity contribution in [1.29, 1.82) is 0 Å². The summed E-state index contributed by atoms with van der Waals surface area (Å²) in [4.78, 5) is 26.6.